The second-order valence-corrected chi connectivity index (χ2v) is 5.00. The summed E-state index contributed by atoms with van der Waals surface area (Å²) in [5.41, 5.74) is 0.800. The van der Waals surface area contributed by atoms with Crippen molar-refractivity contribution in [3.8, 4) is 5.75 Å². The molecule has 0 aliphatic rings. The predicted octanol–water partition coefficient (Wildman–Crippen LogP) is 3.56. The number of alkyl halides is 3. The molecule has 0 aliphatic heterocycles. The molecule has 0 bridgehead atoms. The van der Waals surface area contributed by atoms with Crippen molar-refractivity contribution in [1.29, 1.82) is 0 Å². The van der Waals surface area contributed by atoms with E-state index in [1.807, 2.05) is 0 Å². The number of hydrogen-bond acceptors (Lipinski definition) is 3. The van der Waals surface area contributed by atoms with Crippen LogP contribution in [0.15, 0.2) is 47.1 Å². The van der Waals surface area contributed by atoms with Crippen LogP contribution in [0.25, 0.3) is 0 Å². The van der Waals surface area contributed by atoms with Crippen molar-refractivity contribution in [1.82, 2.24) is 4.90 Å². The Kier molecular flexibility index (Phi) is 5.31. The first-order valence-electron chi connectivity index (χ1n) is 6.90. The number of rotatable bonds is 6. The molecule has 23 heavy (non-hydrogen) atoms. The third-order valence-corrected chi connectivity index (χ3v) is 3.09. The highest BCUT2D eigenvalue weighted by Crippen LogP contribution is 2.20. The zero-order chi connectivity index (χ0) is 16.9. The third kappa shape index (κ3) is 5.36. The molecule has 0 aliphatic carbocycles. The molecule has 1 aromatic carbocycles. The highest BCUT2D eigenvalue weighted by Gasteiger charge is 2.33. The highest BCUT2D eigenvalue weighted by atomic mass is 19.4. The SMILES string of the molecule is Cc1ccccc1OCC(=O)N(Cc1ccco1)CC(F)(F)F. The molecule has 0 spiro atoms. The Morgan fingerprint density at radius 1 is 1.22 bits per heavy atom. The summed E-state index contributed by atoms with van der Waals surface area (Å²) in [6.45, 7) is -0.302. The fourth-order valence-corrected chi connectivity index (χ4v) is 1.99. The van der Waals surface area contributed by atoms with E-state index in [1.165, 1.54) is 12.3 Å². The Balaban J connectivity index is 2.02. The van der Waals surface area contributed by atoms with E-state index in [2.05, 4.69) is 0 Å². The van der Waals surface area contributed by atoms with Crippen molar-refractivity contribution in [2.45, 2.75) is 19.6 Å². The van der Waals surface area contributed by atoms with Crippen molar-refractivity contribution in [3.63, 3.8) is 0 Å². The third-order valence-electron chi connectivity index (χ3n) is 3.09. The van der Waals surface area contributed by atoms with Crippen molar-refractivity contribution in [2.75, 3.05) is 13.2 Å². The molecule has 1 heterocycles. The van der Waals surface area contributed by atoms with Crippen LogP contribution < -0.4 is 4.74 Å². The van der Waals surface area contributed by atoms with Gasteiger partial charge in [0.15, 0.2) is 6.61 Å². The van der Waals surface area contributed by atoms with Crippen LogP contribution in [0.5, 0.6) is 5.75 Å². The lowest BCUT2D eigenvalue weighted by Gasteiger charge is -2.23. The Labute approximate surface area is 131 Å². The number of benzene rings is 1. The number of hydrogen-bond donors (Lipinski definition) is 0. The van der Waals surface area contributed by atoms with Gasteiger partial charge in [-0.25, -0.2) is 0 Å². The van der Waals surface area contributed by atoms with E-state index in [9.17, 15) is 18.0 Å². The molecule has 0 saturated heterocycles. The second-order valence-electron chi connectivity index (χ2n) is 5.00. The van der Waals surface area contributed by atoms with E-state index in [-0.39, 0.29) is 12.3 Å². The molecule has 2 rings (SSSR count). The van der Waals surface area contributed by atoms with Gasteiger partial charge in [-0.2, -0.15) is 13.2 Å². The minimum Gasteiger partial charge on any atom is -0.484 e. The van der Waals surface area contributed by atoms with Gasteiger partial charge in [0.25, 0.3) is 5.91 Å². The van der Waals surface area contributed by atoms with Gasteiger partial charge in [0, 0.05) is 0 Å². The Hall–Kier alpha value is -2.44. The Morgan fingerprint density at radius 3 is 2.57 bits per heavy atom. The molecule has 0 saturated carbocycles. The van der Waals surface area contributed by atoms with Crippen molar-refractivity contribution < 1.29 is 27.1 Å². The number of halogens is 3. The number of para-hydroxylation sites is 1. The van der Waals surface area contributed by atoms with Gasteiger partial charge >= 0.3 is 6.18 Å². The molecular weight excluding hydrogens is 311 g/mol. The smallest absolute Gasteiger partial charge is 0.406 e. The van der Waals surface area contributed by atoms with Gasteiger partial charge in [0.2, 0.25) is 0 Å². The summed E-state index contributed by atoms with van der Waals surface area (Å²) in [5, 5.41) is 0. The van der Waals surface area contributed by atoms with Gasteiger partial charge in [-0.05, 0) is 30.7 Å². The summed E-state index contributed by atoms with van der Waals surface area (Å²) in [6, 6.07) is 10.0. The van der Waals surface area contributed by atoms with E-state index < -0.39 is 25.2 Å². The first kappa shape index (κ1) is 16.9. The van der Waals surface area contributed by atoms with Crippen LogP contribution in [-0.4, -0.2) is 30.1 Å². The molecule has 1 aromatic heterocycles. The molecule has 0 radical (unpaired) electrons. The van der Waals surface area contributed by atoms with Gasteiger partial charge in [-0.1, -0.05) is 18.2 Å². The molecule has 2 aromatic rings. The zero-order valence-corrected chi connectivity index (χ0v) is 12.5. The monoisotopic (exact) mass is 327 g/mol. The number of amides is 1. The maximum absolute atomic E-state index is 12.7. The first-order chi connectivity index (χ1) is 10.8. The van der Waals surface area contributed by atoms with Gasteiger partial charge in [0.1, 0.15) is 18.1 Å². The normalized spacial score (nSPS) is 11.3. The average molecular weight is 327 g/mol. The topological polar surface area (TPSA) is 42.7 Å². The Morgan fingerprint density at radius 2 is 1.96 bits per heavy atom. The van der Waals surface area contributed by atoms with Crippen LogP contribution in [0, 0.1) is 6.92 Å². The van der Waals surface area contributed by atoms with Crippen molar-refractivity contribution in [2.24, 2.45) is 0 Å². The average Bonchev–Trinajstić information content (AvgIpc) is 2.97. The van der Waals surface area contributed by atoms with Crippen LogP contribution >= 0.6 is 0 Å². The van der Waals surface area contributed by atoms with E-state index in [4.69, 9.17) is 9.15 Å². The van der Waals surface area contributed by atoms with Crippen LogP contribution in [0.4, 0.5) is 13.2 Å². The molecule has 124 valence electrons. The molecule has 1 amide bonds. The lowest BCUT2D eigenvalue weighted by molar-refractivity contribution is -0.164. The van der Waals surface area contributed by atoms with Gasteiger partial charge in [-0.15, -0.1) is 0 Å². The van der Waals surface area contributed by atoms with Crippen LogP contribution in [-0.2, 0) is 11.3 Å². The standard InChI is InChI=1S/C16H16F3NO3/c1-12-5-2-3-7-14(12)23-10-15(21)20(11-16(17,18)19)9-13-6-4-8-22-13/h2-8H,9-11H2,1H3. The van der Waals surface area contributed by atoms with Crippen LogP contribution in [0.3, 0.4) is 0 Å². The molecule has 0 fully saturated rings. The summed E-state index contributed by atoms with van der Waals surface area (Å²) < 4.78 is 48.3. The van der Waals surface area contributed by atoms with Gasteiger partial charge in [0.05, 0.1) is 12.8 Å². The number of aryl methyl sites for hydroxylation is 1. The number of carbonyl (C=O) groups is 1. The lowest BCUT2D eigenvalue weighted by Crippen LogP contribution is -2.40. The maximum atomic E-state index is 12.7. The summed E-state index contributed by atoms with van der Waals surface area (Å²) in [7, 11) is 0. The van der Waals surface area contributed by atoms with E-state index in [0.29, 0.717) is 10.6 Å². The van der Waals surface area contributed by atoms with Gasteiger partial charge in [-0.3, -0.25) is 4.79 Å². The zero-order valence-electron chi connectivity index (χ0n) is 12.5. The molecule has 7 heteroatoms. The minimum absolute atomic E-state index is 0.261. The van der Waals surface area contributed by atoms with Crippen LogP contribution in [0.2, 0.25) is 0 Å². The molecule has 4 nitrogen and oxygen atoms in total. The quantitative estimate of drug-likeness (QED) is 0.815. The predicted molar refractivity (Wildman–Crippen MR) is 76.9 cm³/mol. The van der Waals surface area contributed by atoms with Crippen molar-refractivity contribution >= 4 is 5.91 Å². The van der Waals surface area contributed by atoms with Gasteiger partial charge < -0.3 is 14.1 Å². The summed E-state index contributed by atoms with van der Waals surface area (Å²) in [6.07, 6.45) is -3.15. The summed E-state index contributed by atoms with van der Waals surface area (Å²) in [4.78, 5) is 12.8. The maximum Gasteiger partial charge on any atom is 0.406 e. The largest absolute Gasteiger partial charge is 0.484 e. The first-order valence-corrected chi connectivity index (χ1v) is 6.90. The minimum atomic E-state index is -4.50. The van der Waals surface area contributed by atoms with E-state index >= 15 is 0 Å². The van der Waals surface area contributed by atoms with E-state index in [1.54, 1.807) is 37.3 Å². The van der Waals surface area contributed by atoms with Crippen molar-refractivity contribution in [3.05, 3.63) is 54.0 Å². The van der Waals surface area contributed by atoms with E-state index in [0.717, 1.165) is 5.56 Å². The number of nitrogens with zero attached hydrogens (tertiary/aromatic N) is 1. The summed E-state index contributed by atoms with van der Waals surface area (Å²) >= 11 is 0. The number of furan rings is 1. The number of carbonyl (C=O) groups excluding carboxylic acids is 1. The molecular formula is C16H16F3NO3. The Bertz CT molecular complexity index is 638. The fraction of sp³-hybridized carbons (Fsp3) is 0.312. The molecule has 0 N–H and O–H groups in total. The lowest BCUT2D eigenvalue weighted by atomic mass is 10.2. The van der Waals surface area contributed by atoms with Crippen LogP contribution in [0.1, 0.15) is 11.3 Å². The summed E-state index contributed by atoms with van der Waals surface area (Å²) in [5.74, 6) is -0.0220. The molecule has 0 unspecified atom stereocenters. The highest BCUT2D eigenvalue weighted by molar-refractivity contribution is 5.77. The number of ether oxygens (including phenoxy) is 1. The molecule has 0 atom stereocenters. The fourth-order valence-electron chi connectivity index (χ4n) is 1.99. The second kappa shape index (κ2) is 7.21.